The van der Waals surface area contributed by atoms with E-state index in [2.05, 4.69) is 19.2 Å². The standard InChI is InChI=1S/C16H24FNO2/c1-11(2)8-12(3)9-16(20)18-10-15(19)13-6-4-5-7-14(13)17/h4-7,11-12,15,19H,8-10H2,1-3H3,(H,18,20). The lowest BCUT2D eigenvalue weighted by Crippen LogP contribution is -2.30. The summed E-state index contributed by atoms with van der Waals surface area (Å²) < 4.78 is 13.4. The quantitative estimate of drug-likeness (QED) is 0.807. The van der Waals surface area contributed by atoms with Crippen LogP contribution in [0.5, 0.6) is 0 Å². The maximum atomic E-state index is 13.4. The van der Waals surface area contributed by atoms with Gasteiger partial charge >= 0.3 is 0 Å². The van der Waals surface area contributed by atoms with E-state index in [9.17, 15) is 14.3 Å². The third kappa shape index (κ3) is 5.70. The molecule has 112 valence electrons. The Kier molecular flexibility index (Phi) is 6.65. The lowest BCUT2D eigenvalue weighted by Gasteiger charge is -2.16. The maximum absolute atomic E-state index is 13.4. The normalized spacial score (nSPS) is 14.1. The van der Waals surface area contributed by atoms with Gasteiger partial charge in [-0.3, -0.25) is 4.79 Å². The minimum Gasteiger partial charge on any atom is -0.386 e. The molecule has 2 atom stereocenters. The van der Waals surface area contributed by atoms with Gasteiger partial charge in [0.05, 0.1) is 6.10 Å². The molecule has 1 amide bonds. The average molecular weight is 281 g/mol. The van der Waals surface area contributed by atoms with Crippen molar-refractivity contribution in [3.8, 4) is 0 Å². The van der Waals surface area contributed by atoms with Crippen molar-refractivity contribution in [1.82, 2.24) is 5.32 Å². The van der Waals surface area contributed by atoms with Crippen LogP contribution in [-0.2, 0) is 4.79 Å². The van der Waals surface area contributed by atoms with Crippen LogP contribution in [0.1, 0.15) is 45.3 Å². The van der Waals surface area contributed by atoms with Crippen LogP contribution < -0.4 is 5.32 Å². The first kappa shape index (κ1) is 16.6. The zero-order chi connectivity index (χ0) is 15.1. The van der Waals surface area contributed by atoms with Gasteiger partial charge in [-0.2, -0.15) is 0 Å². The van der Waals surface area contributed by atoms with E-state index in [-0.39, 0.29) is 18.0 Å². The van der Waals surface area contributed by atoms with Crippen molar-refractivity contribution in [2.75, 3.05) is 6.54 Å². The molecule has 0 saturated carbocycles. The van der Waals surface area contributed by atoms with E-state index in [0.29, 0.717) is 18.3 Å². The molecule has 0 aliphatic carbocycles. The highest BCUT2D eigenvalue weighted by Gasteiger charge is 2.15. The molecule has 0 fully saturated rings. The fraction of sp³-hybridized carbons (Fsp3) is 0.562. The second-order valence-corrected chi connectivity index (χ2v) is 5.78. The molecule has 0 aliphatic rings. The monoisotopic (exact) mass is 281 g/mol. The summed E-state index contributed by atoms with van der Waals surface area (Å²) in [5, 5.41) is 12.5. The zero-order valence-corrected chi connectivity index (χ0v) is 12.4. The Hall–Kier alpha value is -1.42. The van der Waals surface area contributed by atoms with Gasteiger partial charge in [0.25, 0.3) is 0 Å². The molecule has 0 heterocycles. The number of hydrogen-bond acceptors (Lipinski definition) is 2. The first-order chi connectivity index (χ1) is 9.40. The first-order valence-corrected chi connectivity index (χ1v) is 7.09. The highest BCUT2D eigenvalue weighted by Crippen LogP contribution is 2.17. The van der Waals surface area contributed by atoms with E-state index in [1.54, 1.807) is 12.1 Å². The molecule has 4 heteroatoms. The van der Waals surface area contributed by atoms with E-state index in [0.717, 1.165) is 6.42 Å². The maximum Gasteiger partial charge on any atom is 0.220 e. The van der Waals surface area contributed by atoms with E-state index in [1.165, 1.54) is 12.1 Å². The molecule has 20 heavy (non-hydrogen) atoms. The fourth-order valence-corrected chi connectivity index (χ4v) is 2.34. The Morgan fingerprint density at radius 3 is 2.55 bits per heavy atom. The number of aliphatic hydroxyl groups excluding tert-OH is 1. The van der Waals surface area contributed by atoms with Crippen LogP contribution in [0.25, 0.3) is 0 Å². The summed E-state index contributed by atoms with van der Waals surface area (Å²) in [6.07, 6.45) is 0.409. The number of rotatable bonds is 7. The molecular weight excluding hydrogens is 257 g/mol. The van der Waals surface area contributed by atoms with Crippen LogP contribution in [-0.4, -0.2) is 17.6 Å². The minimum atomic E-state index is -1.01. The predicted octanol–water partition coefficient (Wildman–Crippen LogP) is 3.05. The Balaban J connectivity index is 2.39. The molecule has 0 bridgehead atoms. The Bertz CT molecular complexity index is 434. The van der Waals surface area contributed by atoms with E-state index >= 15 is 0 Å². The van der Waals surface area contributed by atoms with Crippen molar-refractivity contribution in [2.24, 2.45) is 11.8 Å². The number of amides is 1. The van der Waals surface area contributed by atoms with Crippen LogP contribution in [0, 0.1) is 17.7 Å². The van der Waals surface area contributed by atoms with Gasteiger partial charge in [0.15, 0.2) is 0 Å². The number of halogens is 1. The third-order valence-corrected chi connectivity index (χ3v) is 3.16. The van der Waals surface area contributed by atoms with Gasteiger partial charge in [0, 0.05) is 18.5 Å². The molecule has 0 aromatic heterocycles. The number of nitrogens with one attached hydrogen (secondary N) is 1. The smallest absolute Gasteiger partial charge is 0.220 e. The Labute approximate surface area is 120 Å². The second-order valence-electron chi connectivity index (χ2n) is 5.78. The number of aliphatic hydroxyl groups is 1. The van der Waals surface area contributed by atoms with Crippen LogP contribution in [0.3, 0.4) is 0 Å². The molecular formula is C16H24FNO2. The van der Waals surface area contributed by atoms with Gasteiger partial charge < -0.3 is 10.4 Å². The number of carbonyl (C=O) groups excluding carboxylic acids is 1. The van der Waals surface area contributed by atoms with Crippen molar-refractivity contribution in [2.45, 2.75) is 39.7 Å². The summed E-state index contributed by atoms with van der Waals surface area (Å²) in [6.45, 7) is 6.31. The van der Waals surface area contributed by atoms with Crippen molar-refractivity contribution >= 4 is 5.91 Å². The molecule has 0 aliphatic heterocycles. The molecule has 0 radical (unpaired) electrons. The lowest BCUT2D eigenvalue weighted by molar-refractivity contribution is -0.122. The Morgan fingerprint density at radius 1 is 1.30 bits per heavy atom. The summed E-state index contributed by atoms with van der Waals surface area (Å²) in [5.74, 6) is 0.304. The van der Waals surface area contributed by atoms with Crippen molar-refractivity contribution < 1.29 is 14.3 Å². The summed E-state index contributed by atoms with van der Waals surface area (Å²) >= 11 is 0. The first-order valence-electron chi connectivity index (χ1n) is 7.09. The topological polar surface area (TPSA) is 49.3 Å². The van der Waals surface area contributed by atoms with E-state index < -0.39 is 11.9 Å². The fourth-order valence-electron chi connectivity index (χ4n) is 2.34. The Morgan fingerprint density at radius 2 is 1.95 bits per heavy atom. The second kappa shape index (κ2) is 8.00. The molecule has 0 saturated heterocycles. The van der Waals surface area contributed by atoms with Gasteiger partial charge in [0.1, 0.15) is 5.82 Å². The van der Waals surface area contributed by atoms with Gasteiger partial charge in [0.2, 0.25) is 5.91 Å². The van der Waals surface area contributed by atoms with Gasteiger partial charge in [-0.1, -0.05) is 39.0 Å². The van der Waals surface area contributed by atoms with Crippen LogP contribution in [0.4, 0.5) is 4.39 Å². The van der Waals surface area contributed by atoms with Crippen LogP contribution in [0.15, 0.2) is 24.3 Å². The van der Waals surface area contributed by atoms with Crippen LogP contribution >= 0.6 is 0 Å². The number of benzene rings is 1. The third-order valence-electron chi connectivity index (χ3n) is 3.16. The molecule has 2 N–H and O–H groups in total. The molecule has 2 unspecified atom stereocenters. The summed E-state index contributed by atoms with van der Waals surface area (Å²) in [6, 6.07) is 6.05. The molecule has 1 aromatic carbocycles. The molecule has 0 spiro atoms. The predicted molar refractivity (Wildman–Crippen MR) is 77.6 cm³/mol. The van der Waals surface area contributed by atoms with Gasteiger partial charge in [-0.25, -0.2) is 4.39 Å². The largest absolute Gasteiger partial charge is 0.386 e. The molecule has 1 aromatic rings. The van der Waals surface area contributed by atoms with Crippen molar-refractivity contribution in [3.63, 3.8) is 0 Å². The van der Waals surface area contributed by atoms with Crippen molar-refractivity contribution in [1.29, 1.82) is 0 Å². The van der Waals surface area contributed by atoms with Gasteiger partial charge in [-0.05, 0) is 24.3 Å². The highest BCUT2D eigenvalue weighted by molar-refractivity contribution is 5.76. The molecule has 1 rings (SSSR count). The van der Waals surface area contributed by atoms with Crippen molar-refractivity contribution in [3.05, 3.63) is 35.6 Å². The number of hydrogen-bond donors (Lipinski definition) is 2. The minimum absolute atomic E-state index is 0.0359. The zero-order valence-electron chi connectivity index (χ0n) is 12.4. The van der Waals surface area contributed by atoms with E-state index in [1.807, 2.05) is 6.92 Å². The summed E-state index contributed by atoms with van der Waals surface area (Å²) in [7, 11) is 0. The highest BCUT2D eigenvalue weighted by atomic mass is 19.1. The summed E-state index contributed by atoms with van der Waals surface area (Å²) in [4.78, 5) is 11.7. The summed E-state index contributed by atoms with van der Waals surface area (Å²) in [5.41, 5.74) is 0.211. The van der Waals surface area contributed by atoms with Gasteiger partial charge in [-0.15, -0.1) is 0 Å². The average Bonchev–Trinajstić information content (AvgIpc) is 2.35. The van der Waals surface area contributed by atoms with Crippen LogP contribution in [0.2, 0.25) is 0 Å². The molecule has 3 nitrogen and oxygen atoms in total. The number of carbonyl (C=O) groups is 1. The SMILES string of the molecule is CC(C)CC(C)CC(=O)NCC(O)c1ccccc1F. The van der Waals surface area contributed by atoms with E-state index in [4.69, 9.17) is 0 Å². The lowest BCUT2D eigenvalue weighted by atomic mass is 9.96.